The van der Waals surface area contributed by atoms with Crippen LogP contribution in [0.2, 0.25) is 10.0 Å². The molecule has 1 fully saturated rings. The van der Waals surface area contributed by atoms with E-state index in [0.717, 1.165) is 5.56 Å². The first-order valence-electron chi connectivity index (χ1n) is 7.45. The lowest BCUT2D eigenvalue weighted by Gasteiger charge is -2.16. The monoisotopic (exact) mass is 363 g/mol. The van der Waals surface area contributed by atoms with E-state index in [0.29, 0.717) is 35.1 Å². The fourth-order valence-corrected chi connectivity index (χ4v) is 2.82. The number of rotatable bonds is 5. The molecule has 1 aliphatic carbocycles. The zero-order valence-corrected chi connectivity index (χ0v) is 14.2. The van der Waals surface area contributed by atoms with Gasteiger partial charge in [-0.3, -0.25) is 14.6 Å². The maximum atomic E-state index is 12.5. The molecular weight excluding hydrogens is 349 g/mol. The smallest absolute Gasteiger partial charge is 0.240 e. The van der Waals surface area contributed by atoms with Gasteiger partial charge in [0.25, 0.3) is 0 Å². The van der Waals surface area contributed by atoms with E-state index >= 15 is 0 Å². The molecule has 0 atom stereocenters. The van der Waals surface area contributed by atoms with E-state index in [4.69, 9.17) is 23.2 Å². The molecule has 0 bridgehead atoms. The second-order valence-electron chi connectivity index (χ2n) is 5.70. The molecular formula is C17H15Cl2N3O2. The normalized spacial score (nSPS) is 14.8. The van der Waals surface area contributed by atoms with Gasteiger partial charge in [-0.1, -0.05) is 23.2 Å². The van der Waals surface area contributed by atoms with Gasteiger partial charge >= 0.3 is 0 Å². The minimum absolute atomic E-state index is 0.276. The van der Waals surface area contributed by atoms with Gasteiger partial charge < -0.3 is 10.6 Å². The van der Waals surface area contributed by atoms with E-state index in [-0.39, 0.29) is 11.8 Å². The number of pyridine rings is 1. The van der Waals surface area contributed by atoms with Crippen LogP contribution in [0.1, 0.15) is 18.4 Å². The van der Waals surface area contributed by atoms with Gasteiger partial charge in [0.1, 0.15) is 5.41 Å². The summed E-state index contributed by atoms with van der Waals surface area (Å²) in [5, 5.41) is 6.35. The van der Waals surface area contributed by atoms with Crippen molar-refractivity contribution in [3.8, 4) is 0 Å². The molecule has 1 saturated carbocycles. The summed E-state index contributed by atoms with van der Waals surface area (Å²) in [6.45, 7) is 0.359. The first-order valence-corrected chi connectivity index (χ1v) is 8.20. The van der Waals surface area contributed by atoms with Crippen LogP contribution in [0.5, 0.6) is 0 Å². The van der Waals surface area contributed by atoms with Gasteiger partial charge in [0.2, 0.25) is 11.8 Å². The van der Waals surface area contributed by atoms with Gasteiger partial charge in [-0.05, 0) is 48.7 Å². The van der Waals surface area contributed by atoms with Crippen molar-refractivity contribution in [1.29, 1.82) is 0 Å². The van der Waals surface area contributed by atoms with Crippen LogP contribution >= 0.6 is 23.2 Å². The molecule has 1 aliphatic rings. The summed E-state index contributed by atoms with van der Waals surface area (Å²) in [7, 11) is 0. The molecule has 2 aromatic rings. The highest BCUT2D eigenvalue weighted by molar-refractivity contribution is 6.36. The molecule has 7 heteroatoms. The molecule has 3 rings (SSSR count). The third kappa shape index (κ3) is 3.52. The van der Waals surface area contributed by atoms with Crippen LogP contribution in [0.3, 0.4) is 0 Å². The van der Waals surface area contributed by atoms with Crippen LogP contribution in [0, 0.1) is 5.41 Å². The molecule has 24 heavy (non-hydrogen) atoms. The van der Waals surface area contributed by atoms with Crippen molar-refractivity contribution in [1.82, 2.24) is 10.3 Å². The lowest BCUT2D eigenvalue weighted by Crippen LogP contribution is -2.39. The Hall–Kier alpha value is -2.11. The van der Waals surface area contributed by atoms with E-state index < -0.39 is 5.41 Å². The quantitative estimate of drug-likeness (QED) is 0.799. The Labute approximate surface area is 149 Å². The van der Waals surface area contributed by atoms with Crippen LogP contribution in [0.15, 0.2) is 42.7 Å². The summed E-state index contributed by atoms with van der Waals surface area (Å²) < 4.78 is 0. The average molecular weight is 364 g/mol. The van der Waals surface area contributed by atoms with Gasteiger partial charge in [0.15, 0.2) is 0 Å². The summed E-state index contributed by atoms with van der Waals surface area (Å²) in [6.07, 6.45) is 4.35. The number of nitrogens with zero attached hydrogens (tertiary/aromatic N) is 1. The van der Waals surface area contributed by atoms with E-state index in [1.165, 1.54) is 0 Å². The molecule has 1 aromatic heterocycles. The molecule has 2 N–H and O–H groups in total. The van der Waals surface area contributed by atoms with Crippen LogP contribution in [0.4, 0.5) is 5.69 Å². The van der Waals surface area contributed by atoms with Crippen molar-refractivity contribution in [3.63, 3.8) is 0 Å². The van der Waals surface area contributed by atoms with Crippen molar-refractivity contribution in [2.45, 2.75) is 19.4 Å². The Morgan fingerprint density at radius 3 is 2.42 bits per heavy atom. The summed E-state index contributed by atoms with van der Waals surface area (Å²) >= 11 is 11.9. The number of nitrogens with one attached hydrogen (secondary N) is 2. The molecule has 2 amide bonds. The molecule has 1 heterocycles. The predicted octanol–water partition coefficient (Wildman–Crippen LogP) is 3.42. The number of hydrogen-bond acceptors (Lipinski definition) is 3. The SMILES string of the molecule is O=C(NCc1ccncc1)C1(C(=O)Nc2ccc(Cl)cc2Cl)CC1. The highest BCUT2D eigenvalue weighted by Crippen LogP contribution is 2.47. The molecule has 5 nitrogen and oxygen atoms in total. The molecule has 0 spiro atoms. The van der Waals surface area contributed by atoms with E-state index in [2.05, 4.69) is 15.6 Å². The third-order valence-electron chi connectivity index (χ3n) is 4.00. The van der Waals surface area contributed by atoms with Crippen LogP contribution < -0.4 is 10.6 Å². The van der Waals surface area contributed by atoms with Crippen LogP contribution in [-0.4, -0.2) is 16.8 Å². The second kappa shape index (κ2) is 6.79. The fraction of sp³-hybridized carbons (Fsp3) is 0.235. The summed E-state index contributed by atoms with van der Waals surface area (Å²) in [5.74, 6) is -0.624. The second-order valence-corrected chi connectivity index (χ2v) is 6.54. The minimum atomic E-state index is -1.02. The molecule has 124 valence electrons. The Morgan fingerprint density at radius 1 is 1.08 bits per heavy atom. The summed E-state index contributed by atoms with van der Waals surface area (Å²) in [5.41, 5.74) is 0.352. The maximum Gasteiger partial charge on any atom is 0.240 e. The van der Waals surface area contributed by atoms with Crippen molar-refractivity contribution in [2.75, 3.05) is 5.32 Å². The molecule has 0 radical (unpaired) electrons. The average Bonchev–Trinajstić information content (AvgIpc) is 3.38. The number of anilines is 1. The first kappa shape index (κ1) is 16.7. The Bertz CT molecular complexity index is 777. The van der Waals surface area contributed by atoms with E-state index in [1.807, 2.05) is 12.1 Å². The standard InChI is InChI=1S/C17H15Cl2N3O2/c18-12-1-2-14(13(19)9-12)22-16(24)17(5-6-17)15(23)21-10-11-3-7-20-8-4-11/h1-4,7-9H,5-6,10H2,(H,21,23)(H,22,24). The van der Waals surface area contributed by atoms with Crippen molar-refractivity contribution in [3.05, 3.63) is 58.3 Å². The number of carbonyl (C=O) groups is 2. The van der Waals surface area contributed by atoms with Crippen LogP contribution in [-0.2, 0) is 16.1 Å². The number of halogens is 2. The Kier molecular flexibility index (Phi) is 4.73. The number of aromatic nitrogens is 1. The van der Waals surface area contributed by atoms with Crippen LogP contribution in [0.25, 0.3) is 0 Å². The van der Waals surface area contributed by atoms with E-state index in [9.17, 15) is 9.59 Å². The van der Waals surface area contributed by atoms with Gasteiger partial charge in [-0.2, -0.15) is 0 Å². The van der Waals surface area contributed by atoms with Crippen molar-refractivity contribution < 1.29 is 9.59 Å². The largest absolute Gasteiger partial charge is 0.351 e. The van der Waals surface area contributed by atoms with Gasteiger partial charge in [-0.15, -0.1) is 0 Å². The summed E-state index contributed by atoms with van der Waals surface area (Å²) in [6, 6.07) is 8.42. The van der Waals surface area contributed by atoms with Crippen molar-refractivity contribution >= 4 is 40.7 Å². The molecule has 0 saturated heterocycles. The number of amides is 2. The maximum absolute atomic E-state index is 12.5. The zero-order chi connectivity index (χ0) is 17.2. The lowest BCUT2D eigenvalue weighted by atomic mass is 10.0. The third-order valence-corrected chi connectivity index (χ3v) is 4.55. The van der Waals surface area contributed by atoms with Gasteiger partial charge in [-0.25, -0.2) is 0 Å². The fourth-order valence-electron chi connectivity index (χ4n) is 2.37. The summed E-state index contributed by atoms with van der Waals surface area (Å²) in [4.78, 5) is 28.9. The number of benzene rings is 1. The number of hydrogen-bond donors (Lipinski definition) is 2. The van der Waals surface area contributed by atoms with Gasteiger partial charge in [0.05, 0.1) is 10.7 Å². The Morgan fingerprint density at radius 2 is 1.79 bits per heavy atom. The molecule has 0 unspecified atom stereocenters. The number of carbonyl (C=O) groups excluding carboxylic acids is 2. The highest BCUT2D eigenvalue weighted by Gasteiger charge is 2.56. The topological polar surface area (TPSA) is 71.1 Å². The van der Waals surface area contributed by atoms with E-state index in [1.54, 1.807) is 30.6 Å². The van der Waals surface area contributed by atoms with Crippen molar-refractivity contribution in [2.24, 2.45) is 5.41 Å². The lowest BCUT2D eigenvalue weighted by molar-refractivity contribution is -0.134. The van der Waals surface area contributed by atoms with Gasteiger partial charge in [0, 0.05) is 24.0 Å². The first-order chi connectivity index (χ1) is 11.5. The Balaban J connectivity index is 1.64. The predicted molar refractivity (Wildman–Crippen MR) is 92.8 cm³/mol. The highest BCUT2D eigenvalue weighted by atomic mass is 35.5. The molecule has 1 aromatic carbocycles. The zero-order valence-electron chi connectivity index (χ0n) is 12.7. The minimum Gasteiger partial charge on any atom is -0.351 e. The molecule has 0 aliphatic heterocycles.